The van der Waals surface area contributed by atoms with E-state index in [0.29, 0.717) is 25.6 Å². The van der Waals surface area contributed by atoms with Crippen molar-refractivity contribution in [2.24, 2.45) is 5.92 Å². The summed E-state index contributed by atoms with van der Waals surface area (Å²) >= 11 is 0. The van der Waals surface area contributed by atoms with E-state index in [1.165, 1.54) is 0 Å². The van der Waals surface area contributed by atoms with Crippen LogP contribution in [0.25, 0.3) is 0 Å². The Morgan fingerprint density at radius 2 is 1.61 bits per heavy atom. The Morgan fingerprint density at radius 1 is 1.03 bits per heavy atom. The maximum absolute atomic E-state index is 13.3. The van der Waals surface area contributed by atoms with Crippen LogP contribution in [0.15, 0.2) is 12.4 Å². The van der Waals surface area contributed by atoms with Gasteiger partial charge in [0.2, 0.25) is 11.9 Å². The highest BCUT2D eigenvalue weighted by Gasteiger charge is 2.52. The van der Waals surface area contributed by atoms with Gasteiger partial charge in [0.25, 0.3) is 0 Å². The number of nitrogens with one attached hydrogen (secondary N) is 1. The summed E-state index contributed by atoms with van der Waals surface area (Å²) < 4.78 is 17.5. The average Bonchev–Trinajstić information content (AvgIpc) is 2.91. The second-order valence-electron chi connectivity index (χ2n) is 11.9. The molecule has 0 unspecified atom stereocenters. The number of amides is 2. The molecule has 0 saturated carbocycles. The minimum absolute atomic E-state index is 0.0739. The highest BCUT2D eigenvalue weighted by molar-refractivity contribution is 6.61. The van der Waals surface area contributed by atoms with E-state index >= 15 is 0 Å². The van der Waals surface area contributed by atoms with Gasteiger partial charge in [-0.15, -0.1) is 0 Å². The number of rotatable bonds is 5. The molecule has 3 heterocycles. The molecule has 0 spiro atoms. The summed E-state index contributed by atoms with van der Waals surface area (Å²) in [5.41, 5.74) is -0.709. The zero-order valence-electron chi connectivity index (χ0n) is 23.3. The summed E-state index contributed by atoms with van der Waals surface area (Å²) in [6.45, 7) is 19.7. The van der Waals surface area contributed by atoms with E-state index in [9.17, 15) is 9.59 Å². The molecule has 200 valence electrons. The third-order valence-electron chi connectivity index (χ3n) is 6.88. The Kier molecular flexibility index (Phi) is 8.25. The van der Waals surface area contributed by atoms with E-state index in [1.807, 2.05) is 41.5 Å². The number of hydrogen-bond acceptors (Lipinski definition) is 8. The van der Waals surface area contributed by atoms with Crippen molar-refractivity contribution < 1.29 is 23.6 Å². The number of ether oxygens (including phenoxy) is 1. The monoisotopic (exact) mass is 503 g/mol. The van der Waals surface area contributed by atoms with Crippen LogP contribution >= 0.6 is 0 Å². The van der Waals surface area contributed by atoms with Gasteiger partial charge in [-0.1, -0.05) is 13.8 Å². The average molecular weight is 503 g/mol. The Morgan fingerprint density at radius 3 is 2.14 bits per heavy atom. The molecule has 2 aliphatic rings. The van der Waals surface area contributed by atoms with Crippen molar-refractivity contribution in [1.82, 2.24) is 20.2 Å². The zero-order chi connectivity index (χ0) is 26.9. The molecule has 10 nitrogen and oxygen atoms in total. The fourth-order valence-electron chi connectivity index (χ4n) is 4.08. The first-order valence-corrected chi connectivity index (χ1v) is 12.8. The number of hydrogen-bond donors (Lipinski definition) is 1. The van der Waals surface area contributed by atoms with Gasteiger partial charge in [0.15, 0.2) is 0 Å². The van der Waals surface area contributed by atoms with E-state index in [1.54, 1.807) is 38.1 Å². The van der Waals surface area contributed by atoms with Gasteiger partial charge in [-0.25, -0.2) is 14.8 Å². The predicted octanol–water partition coefficient (Wildman–Crippen LogP) is 2.36. The van der Waals surface area contributed by atoms with Crippen LogP contribution in [0.2, 0.25) is 0 Å². The minimum Gasteiger partial charge on any atom is -0.444 e. The minimum atomic E-state index is -0.651. The number of aromatic nitrogens is 2. The summed E-state index contributed by atoms with van der Waals surface area (Å²) in [6.07, 6.45) is 3.68. The molecule has 1 aromatic rings. The topological polar surface area (TPSA) is 106 Å². The highest BCUT2D eigenvalue weighted by atomic mass is 16.7. The molecule has 1 aromatic heterocycles. The second kappa shape index (κ2) is 10.5. The first-order valence-electron chi connectivity index (χ1n) is 12.8. The molecule has 2 aliphatic heterocycles. The maximum Gasteiger partial charge on any atom is 0.498 e. The lowest BCUT2D eigenvalue weighted by molar-refractivity contribution is -0.134. The molecule has 2 saturated heterocycles. The molecule has 0 bridgehead atoms. The molecular weight excluding hydrogens is 461 g/mol. The zero-order valence-corrected chi connectivity index (χ0v) is 23.3. The molecule has 1 N–H and O–H groups in total. The number of nitrogens with zero attached hydrogens (tertiary/aromatic N) is 4. The number of alkyl carbamates (subject to hydrolysis) is 1. The van der Waals surface area contributed by atoms with Gasteiger partial charge in [-0.2, -0.15) is 0 Å². The molecule has 36 heavy (non-hydrogen) atoms. The Hall–Kier alpha value is -2.40. The second-order valence-corrected chi connectivity index (χ2v) is 11.9. The quantitative estimate of drug-likeness (QED) is 0.611. The summed E-state index contributed by atoms with van der Waals surface area (Å²) in [5.74, 6) is 0.432. The van der Waals surface area contributed by atoms with Crippen LogP contribution in [-0.2, 0) is 18.8 Å². The fraction of sp³-hybridized carbons (Fsp3) is 0.760. The van der Waals surface area contributed by atoms with E-state index in [-0.39, 0.29) is 11.8 Å². The van der Waals surface area contributed by atoms with Gasteiger partial charge in [-0.05, 0) is 60.8 Å². The van der Waals surface area contributed by atoms with Crippen LogP contribution < -0.4 is 15.7 Å². The van der Waals surface area contributed by atoms with E-state index in [0.717, 1.165) is 18.4 Å². The normalized spacial score (nSPS) is 20.8. The Bertz CT molecular complexity index is 916. The van der Waals surface area contributed by atoms with Gasteiger partial charge in [0.1, 0.15) is 11.6 Å². The highest BCUT2D eigenvalue weighted by Crippen LogP contribution is 2.36. The lowest BCUT2D eigenvalue weighted by atomic mass is 9.81. The van der Waals surface area contributed by atoms with Crippen molar-refractivity contribution in [2.45, 2.75) is 91.6 Å². The third kappa shape index (κ3) is 6.67. The van der Waals surface area contributed by atoms with Crippen molar-refractivity contribution >= 4 is 30.5 Å². The molecule has 2 amide bonds. The van der Waals surface area contributed by atoms with Crippen LogP contribution in [0, 0.1) is 5.92 Å². The lowest BCUT2D eigenvalue weighted by Gasteiger charge is -2.32. The molecule has 2 fully saturated rings. The first kappa shape index (κ1) is 28.2. The van der Waals surface area contributed by atoms with Crippen molar-refractivity contribution in [3.8, 4) is 0 Å². The lowest BCUT2D eigenvalue weighted by Crippen LogP contribution is -2.52. The first-order chi connectivity index (χ1) is 16.6. The summed E-state index contributed by atoms with van der Waals surface area (Å²) in [4.78, 5) is 38.6. The van der Waals surface area contributed by atoms with Gasteiger partial charge < -0.3 is 29.2 Å². The summed E-state index contributed by atoms with van der Waals surface area (Å²) in [6, 6.07) is -0.651. The molecule has 0 aliphatic carbocycles. The predicted molar refractivity (Wildman–Crippen MR) is 139 cm³/mol. The van der Waals surface area contributed by atoms with Crippen molar-refractivity contribution in [2.75, 3.05) is 31.1 Å². The number of anilines is 1. The smallest absolute Gasteiger partial charge is 0.444 e. The van der Waals surface area contributed by atoms with Crippen LogP contribution in [0.5, 0.6) is 0 Å². The standard InChI is InChI=1S/C25H42BN5O5/c1-17(2)19(29-22(33)34-23(3,4)5)20(32)30-11-10-12-31(14-13-30)21-27-15-18(16-28-21)26-35-24(6,7)25(8,9)36-26/h15-17,19H,10-14H2,1-9H3,(H,29,33)/t19-/m1/s1. The fourth-order valence-corrected chi connectivity index (χ4v) is 4.08. The van der Waals surface area contributed by atoms with E-state index in [4.69, 9.17) is 14.0 Å². The van der Waals surface area contributed by atoms with Gasteiger partial charge in [0, 0.05) is 44.0 Å². The third-order valence-corrected chi connectivity index (χ3v) is 6.88. The van der Waals surface area contributed by atoms with E-state index < -0.39 is 36.1 Å². The molecular formula is C25H42BN5O5. The van der Waals surface area contributed by atoms with Crippen LogP contribution in [0.3, 0.4) is 0 Å². The van der Waals surface area contributed by atoms with Crippen molar-refractivity contribution in [1.29, 1.82) is 0 Å². The van der Waals surface area contributed by atoms with Gasteiger partial charge >= 0.3 is 13.2 Å². The van der Waals surface area contributed by atoms with Crippen molar-refractivity contribution in [3.05, 3.63) is 12.4 Å². The SMILES string of the molecule is CC(C)[C@@H](NC(=O)OC(C)(C)C)C(=O)N1CCCN(c2ncc(B3OC(C)(C)C(C)(C)O3)cn2)CC1. The molecule has 11 heteroatoms. The summed E-state index contributed by atoms with van der Waals surface area (Å²) in [7, 11) is -0.508. The van der Waals surface area contributed by atoms with Crippen LogP contribution in [0.1, 0.15) is 68.7 Å². The Labute approximate surface area is 215 Å². The molecule has 3 rings (SSSR count). The molecule has 0 aromatic carbocycles. The van der Waals surface area contributed by atoms with E-state index in [2.05, 4.69) is 20.2 Å². The summed E-state index contributed by atoms with van der Waals surface area (Å²) in [5, 5.41) is 2.76. The van der Waals surface area contributed by atoms with Gasteiger partial charge in [0.05, 0.1) is 11.2 Å². The van der Waals surface area contributed by atoms with Crippen LogP contribution in [0.4, 0.5) is 10.7 Å². The molecule has 1 atom stereocenters. The maximum atomic E-state index is 13.3. The Balaban J connectivity index is 1.61. The van der Waals surface area contributed by atoms with Crippen molar-refractivity contribution in [3.63, 3.8) is 0 Å². The molecule has 0 radical (unpaired) electrons. The number of carbonyl (C=O) groups is 2. The largest absolute Gasteiger partial charge is 0.498 e. The van der Waals surface area contributed by atoms with Gasteiger partial charge in [-0.3, -0.25) is 4.79 Å². The number of carbonyl (C=O) groups excluding carboxylic acids is 2. The van der Waals surface area contributed by atoms with Crippen LogP contribution in [-0.4, -0.2) is 83.0 Å².